The van der Waals surface area contributed by atoms with Gasteiger partial charge in [-0.15, -0.1) is 0 Å². The predicted octanol–water partition coefficient (Wildman–Crippen LogP) is 3.03. The monoisotopic (exact) mass is 208 g/mol. The molecule has 2 bridgehead atoms. The molecule has 0 saturated carbocycles. The summed E-state index contributed by atoms with van der Waals surface area (Å²) < 4.78 is 11.0. The molecule has 2 heterocycles. The highest BCUT2D eigenvalue weighted by molar-refractivity contribution is 6.30. The summed E-state index contributed by atoms with van der Waals surface area (Å²) in [5, 5.41) is 0.699. The molecule has 14 heavy (non-hydrogen) atoms. The van der Waals surface area contributed by atoms with E-state index in [1.54, 1.807) is 7.11 Å². The molecule has 2 aliphatic rings. The van der Waals surface area contributed by atoms with Crippen LogP contribution in [0.5, 0.6) is 5.75 Å². The fourth-order valence-electron chi connectivity index (χ4n) is 2.11. The van der Waals surface area contributed by atoms with Crippen molar-refractivity contribution in [2.45, 2.75) is 12.2 Å². The van der Waals surface area contributed by atoms with Crippen LogP contribution < -0.4 is 4.74 Å². The topological polar surface area (TPSA) is 18.5 Å². The van der Waals surface area contributed by atoms with Crippen LogP contribution in [0.2, 0.25) is 5.02 Å². The maximum atomic E-state index is 5.98. The first-order valence-corrected chi connectivity index (χ1v) is 4.88. The first-order valence-electron chi connectivity index (χ1n) is 4.50. The maximum Gasteiger partial charge on any atom is 0.126 e. The molecule has 2 nitrogen and oxygen atoms in total. The van der Waals surface area contributed by atoms with Crippen molar-refractivity contribution in [2.24, 2.45) is 0 Å². The zero-order valence-corrected chi connectivity index (χ0v) is 8.41. The summed E-state index contributed by atoms with van der Waals surface area (Å²) in [5.41, 5.74) is 2.27. The minimum absolute atomic E-state index is 0.0576. The van der Waals surface area contributed by atoms with Gasteiger partial charge in [0.1, 0.15) is 18.0 Å². The Morgan fingerprint density at radius 1 is 1.29 bits per heavy atom. The van der Waals surface area contributed by atoms with Crippen LogP contribution in [0, 0.1) is 0 Å². The molecule has 0 unspecified atom stereocenters. The van der Waals surface area contributed by atoms with Gasteiger partial charge >= 0.3 is 0 Å². The van der Waals surface area contributed by atoms with Crippen molar-refractivity contribution >= 4 is 11.6 Å². The van der Waals surface area contributed by atoms with E-state index in [1.165, 1.54) is 0 Å². The van der Waals surface area contributed by atoms with E-state index in [0.717, 1.165) is 16.9 Å². The second-order valence-corrected chi connectivity index (χ2v) is 3.91. The van der Waals surface area contributed by atoms with E-state index in [4.69, 9.17) is 21.1 Å². The van der Waals surface area contributed by atoms with E-state index in [2.05, 4.69) is 12.2 Å². The quantitative estimate of drug-likeness (QED) is 0.661. The van der Waals surface area contributed by atoms with E-state index in [1.807, 2.05) is 12.1 Å². The molecule has 2 atom stereocenters. The first kappa shape index (κ1) is 8.33. The zero-order valence-electron chi connectivity index (χ0n) is 7.66. The van der Waals surface area contributed by atoms with Gasteiger partial charge in [0.25, 0.3) is 0 Å². The van der Waals surface area contributed by atoms with Crippen molar-refractivity contribution in [3.8, 4) is 5.75 Å². The normalized spacial score (nSPS) is 26.7. The van der Waals surface area contributed by atoms with Gasteiger partial charge in [0, 0.05) is 10.6 Å². The van der Waals surface area contributed by atoms with E-state index in [-0.39, 0.29) is 12.2 Å². The average molecular weight is 209 g/mol. The van der Waals surface area contributed by atoms with Crippen molar-refractivity contribution in [2.75, 3.05) is 7.11 Å². The fraction of sp³-hybridized carbons (Fsp3) is 0.273. The van der Waals surface area contributed by atoms with E-state index < -0.39 is 0 Å². The average Bonchev–Trinajstić information content (AvgIpc) is 2.76. The summed E-state index contributed by atoms with van der Waals surface area (Å²) in [4.78, 5) is 0. The second kappa shape index (κ2) is 2.75. The van der Waals surface area contributed by atoms with Gasteiger partial charge in [-0.3, -0.25) is 0 Å². The Kier molecular flexibility index (Phi) is 1.64. The SMILES string of the molecule is COc1cc(Cl)cc2c1[C@@H]1C=C[C@H]2O1. The molecule has 3 heteroatoms. The van der Waals surface area contributed by atoms with Crippen LogP contribution in [0.4, 0.5) is 0 Å². The van der Waals surface area contributed by atoms with Crippen molar-refractivity contribution in [3.63, 3.8) is 0 Å². The Labute approximate surface area is 87.1 Å². The highest BCUT2D eigenvalue weighted by Crippen LogP contribution is 2.50. The Balaban J connectivity index is 2.24. The number of fused-ring (bicyclic) bond motifs is 5. The molecular weight excluding hydrogens is 200 g/mol. The molecule has 3 rings (SSSR count). The molecule has 0 radical (unpaired) electrons. The number of benzene rings is 1. The molecule has 0 aromatic heterocycles. The minimum atomic E-state index is 0.0576. The molecule has 0 saturated heterocycles. The maximum absolute atomic E-state index is 5.98. The number of ether oxygens (including phenoxy) is 2. The third-order valence-corrected chi connectivity index (χ3v) is 2.92. The van der Waals surface area contributed by atoms with Crippen LogP contribution in [-0.2, 0) is 4.74 Å². The lowest BCUT2D eigenvalue weighted by molar-refractivity contribution is 0.0870. The second-order valence-electron chi connectivity index (χ2n) is 3.47. The largest absolute Gasteiger partial charge is 0.496 e. The highest BCUT2D eigenvalue weighted by Gasteiger charge is 2.36. The summed E-state index contributed by atoms with van der Waals surface area (Å²) in [6, 6.07) is 3.78. The molecular formula is C11H9ClO2. The number of hydrogen-bond acceptors (Lipinski definition) is 2. The Morgan fingerprint density at radius 3 is 2.86 bits per heavy atom. The lowest BCUT2D eigenvalue weighted by Crippen LogP contribution is -1.97. The summed E-state index contributed by atoms with van der Waals surface area (Å²) in [7, 11) is 1.65. The molecule has 1 aromatic rings. The molecule has 72 valence electrons. The Morgan fingerprint density at radius 2 is 2.07 bits per heavy atom. The van der Waals surface area contributed by atoms with Gasteiger partial charge in [-0.05, 0) is 17.7 Å². The van der Waals surface area contributed by atoms with E-state index >= 15 is 0 Å². The van der Waals surface area contributed by atoms with Gasteiger partial charge < -0.3 is 9.47 Å². The number of methoxy groups -OCH3 is 1. The van der Waals surface area contributed by atoms with Gasteiger partial charge in [-0.2, -0.15) is 0 Å². The lowest BCUT2D eigenvalue weighted by atomic mass is 9.96. The molecule has 0 aliphatic carbocycles. The van der Waals surface area contributed by atoms with Gasteiger partial charge in [-0.1, -0.05) is 23.8 Å². The van der Waals surface area contributed by atoms with E-state index in [0.29, 0.717) is 5.02 Å². The molecule has 0 fully saturated rings. The Hall–Kier alpha value is -0.990. The zero-order chi connectivity index (χ0) is 9.71. The highest BCUT2D eigenvalue weighted by atomic mass is 35.5. The van der Waals surface area contributed by atoms with Gasteiger partial charge in [0.2, 0.25) is 0 Å². The minimum Gasteiger partial charge on any atom is -0.496 e. The van der Waals surface area contributed by atoms with E-state index in [9.17, 15) is 0 Å². The van der Waals surface area contributed by atoms with Crippen molar-refractivity contribution in [1.82, 2.24) is 0 Å². The summed E-state index contributed by atoms with van der Waals surface area (Å²) in [6.07, 6.45) is 4.25. The third-order valence-electron chi connectivity index (χ3n) is 2.70. The van der Waals surface area contributed by atoms with Crippen LogP contribution in [0.1, 0.15) is 23.3 Å². The third kappa shape index (κ3) is 0.954. The van der Waals surface area contributed by atoms with Crippen molar-refractivity contribution in [3.05, 3.63) is 40.4 Å². The number of rotatable bonds is 1. The van der Waals surface area contributed by atoms with Crippen molar-refractivity contribution in [1.29, 1.82) is 0 Å². The van der Waals surface area contributed by atoms with Crippen LogP contribution in [0.15, 0.2) is 24.3 Å². The summed E-state index contributed by atoms with van der Waals surface area (Å²) in [6.45, 7) is 0. The molecule has 0 spiro atoms. The first-order chi connectivity index (χ1) is 6.79. The van der Waals surface area contributed by atoms with Crippen LogP contribution in [-0.4, -0.2) is 7.11 Å². The Bertz CT molecular complexity index is 426. The molecule has 2 aliphatic heterocycles. The van der Waals surface area contributed by atoms with Gasteiger partial charge in [-0.25, -0.2) is 0 Å². The molecule has 0 amide bonds. The summed E-state index contributed by atoms with van der Waals surface area (Å²) >= 11 is 5.98. The molecule has 0 N–H and O–H groups in total. The van der Waals surface area contributed by atoms with Crippen LogP contribution >= 0.6 is 11.6 Å². The standard InChI is InChI=1S/C11H9ClO2/c1-13-10-5-6(12)4-7-8-2-3-9(14-8)11(7)10/h2-5,8-9H,1H3/t8-,9+/m1/s1. The summed E-state index contributed by atoms with van der Waals surface area (Å²) in [5.74, 6) is 0.823. The van der Waals surface area contributed by atoms with Crippen LogP contribution in [0.3, 0.4) is 0 Å². The predicted molar refractivity (Wildman–Crippen MR) is 53.7 cm³/mol. The smallest absolute Gasteiger partial charge is 0.126 e. The van der Waals surface area contributed by atoms with Gasteiger partial charge in [0.15, 0.2) is 0 Å². The number of hydrogen-bond donors (Lipinski definition) is 0. The van der Waals surface area contributed by atoms with Crippen LogP contribution in [0.25, 0.3) is 0 Å². The lowest BCUT2D eigenvalue weighted by Gasteiger charge is -2.12. The van der Waals surface area contributed by atoms with Crippen molar-refractivity contribution < 1.29 is 9.47 Å². The van der Waals surface area contributed by atoms with Gasteiger partial charge in [0.05, 0.1) is 7.11 Å². The number of halogens is 1. The molecule has 1 aromatic carbocycles. The fourth-order valence-corrected chi connectivity index (χ4v) is 2.33.